The Morgan fingerprint density at radius 1 is 1.12 bits per heavy atom. The van der Waals surface area contributed by atoms with Crippen molar-refractivity contribution in [2.75, 3.05) is 57.8 Å². The number of carbonyl (C=O) groups is 1. The summed E-state index contributed by atoms with van der Waals surface area (Å²) < 4.78 is 0. The van der Waals surface area contributed by atoms with Gasteiger partial charge >= 0.3 is 0 Å². The van der Waals surface area contributed by atoms with Crippen molar-refractivity contribution in [1.29, 1.82) is 0 Å². The average molecular weight is 345 g/mol. The molecule has 0 unspecified atom stereocenters. The van der Waals surface area contributed by atoms with Crippen molar-refractivity contribution in [3.05, 3.63) is 30.3 Å². The Hall–Kier alpha value is -1.43. The first-order valence-electron chi connectivity index (χ1n) is 9.64. The lowest BCUT2D eigenvalue weighted by atomic mass is 9.84. The zero-order chi connectivity index (χ0) is 17.7. The molecule has 0 bridgehead atoms. The van der Waals surface area contributed by atoms with E-state index in [1.165, 1.54) is 0 Å². The summed E-state index contributed by atoms with van der Waals surface area (Å²) in [5.41, 5.74) is 1.12. The molecule has 2 aliphatic rings. The van der Waals surface area contributed by atoms with Gasteiger partial charge in [0.15, 0.2) is 0 Å². The third-order valence-electron chi connectivity index (χ3n) is 5.83. The van der Waals surface area contributed by atoms with Crippen molar-refractivity contribution in [1.82, 2.24) is 15.1 Å². The van der Waals surface area contributed by atoms with E-state index in [4.69, 9.17) is 0 Å². The number of rotatable bonds is 5. The highest BCUT2D eigenvalue weighted by Gasteiger charge is 2.41. The SMILES string of the molecule is CCC(=O)N(CC1(N2CCNCC2)CCN(C)CC1)c1ccccc1. The number of piperidine rings is 1. The maximum absolute atomic E-state index is 12.8. The molecule has 0 spiro atoms. The molecule has 1 aromatic carbocycles. The van der Waals surface area contributed by atoms with Crippen molar-refractivity contribution >= 4 is 11.6 Å². The summed E-state index contributed by atoms with van der Waals surface area (Å²) in [7, 11) is 2.20. The fourth-order valence-electron chi connectivity index (χ4n) is 4.16. The van der Waals surface area contributed by atoms with Gasteiger partial charge in [-0.3, -0.25) is 9.69 Å². The van der Waals surface area contributed by atoms with Crippen LogP contribution in [0, 0.1) is 0 Å². The van der Waals surface area contributed by atoms with Crippen LogP contribution in [0.4, 0.5) is 5.69 Å². The number of nitrogens with zero attached hydrogens (tertiary/aromatic N) is 3. The van der Waals surface area contributed by atoms with Crippen LogP contribution in [0.25, 0.3) is 0 Å². The van der Waals surface area contributed by atoms with Gasteiger partial charge in [-0.05, 0) is 45.1 Å². The molecule has 0 aliphatic carbocycles. The minimum absolute atomic E-state index is 0.0925. The number of nitrogens with one attached hydrogen (secondary N) is 1. The Kier molecular flexibility index (Phi) is 6.10. The van der Waals surface area contributed by atoms with E-state index in [9.17, 15) is 4.79 Å². The summed E-state index contributed by atoms with van der Waals surface area (Å²) >= 11 is 0. The highest BCUT2D eigenvalue weighted by Crippen LogP contribution is 2.32. The lowest BCUT2D eigenvalue weighted by Gasteiger charge is -2.51. The molecule has 0 radical (unpaired) electrons. The summed E-state index contributed by atoms with van der Waals surface area (Å²) in [4.78, 5) is 19.9. The van der Waals surface area contributed by atoms with E-state index in [2.05, 4.69) is 34.3 Å². The first kappa shape index (κ1) is 18.4. The van der Waals surface area contributed by atoms with Crippen molar-refractivity contribution < 1.29 is 4.79 Å². The Morgan fingerprint density at radius 3 is 2.36 bits per heavy atom. The molecule has 25 heavy (non-hydrogen) atoms. The molecule has 5 heteroatoms. The molecule has 3 rings (SSSR count). The zero-order valence-electron chi connectivity index (χ0n) is 15.7. The third-order valence-corrected chi connectivity index (χ3v) is 5.83. The second-order valence-electron chi connectivity index (χ2n) is 7.43. The first-order valence-corrected chi connectivity index (χ1v) is 9.64. The van der Waals surface area contributed by atoms with Gasteiger partial charge in [0.1, 0.15) is 0 Å². The minimum Gasteiger partial charge on any atom is -0.314 e. The summed E-state index contributed by atoms with van der Waals surface area (Å²) in [5.74, 6) is 0.222. The van der Waals surface area contributed by atoms with E-state index < -0.39 is 0 Å². The monoisotopic (exact) mass is 344 g/mol. The van der Waals surface area contributed by atoms with Crippen LogP contribution in [0.5, 0.6) is 0 Å². The highest BCUT2D eigenvalue weighted by molar-refractivity contribution is 5.93. The molecule has 5 nitrogen and oxygen atoms in total. The molecule has 2 heterocycles. The Labute approximate surface area is 152 Å². The fraction of sp³-hybridized carbons (Fsp3) is 0.650. The zero-order valence-corrected chi connectivity index (χ0v) is 15.7. The van der Waals surface area contributed by atoms with Gasteiger partial charge in [0.05, 0.1) is 0 Å². The summed E-state index contributed by atoms with van der Waals surface area (Å²) in [6, 6.07) is 10.2. The van der Waals surface area contributed by atoms with Crippen LogP contribution in [0.3, 0.4) is 0 Å². The van der Waals surface area contributed by atoms with E-state index >= 15 is 0 Å². The van der Waals surface area contributed by atoms with Gasteiger partial charge < -0.3 is 15.1 Å². The number of hydrogen-bond donors (Lipinski definition) is 1. The van der Waals surface area contributed by atoms with Crippen LogP contribution in [0.2, 0.25) is 0 Å². The molecular weight excluding hydrogens is 312 g/mol. The highest BCUT2D eigenvalue weighted by atomic mass is 16.2. The number of benzene rings is 1. The smallest absolute Gasteiger partial charge is 0.226 e. The number of likely N-dealkylation sites (tertiary alicyclic amines) is 1. The lowest BCUT2D eigenvalue weighted by molar-refractivity contribution is -0.119. The Bertz CT molecular complexity index is 548. The molecule has 0 atom stereocenters. The molecule has 2 aliphatic heterocycles. The molecule has 1 amide bonds. The van der Waals surface area contributed by atoms with E-state index in [0.29, 0.717) is 6.42 Å². The number of anilines is 1. The lowest BCUT2D eigenvalue weighted by Crippen LogP contribution is -2.64. The molecule has 2 fully saturated rings. The Morgan fingerprint density at radius 2 is 1.76 bits per heavy atom. The van der Waals surface area contributed by atoms with Crippen LogP contribution < -0.4 is 10.2 Å². The van der Waals surface area contributed by atoms with Gasteiger partial charge in [0.25, 0.3) is 0 Å². The standard InChI is InChI=1S/C20H32N4O/c1-3-19(25)24(18-7-5-4-6-8-18)17-20(9-13-22(2)14-10-20)23-15-11-21-12-16-23/h4-8,21H,3,9-17H2,1-2H3. The maximum Gasteiger partial charge on any atom is 0.226 e. The normalized spacial score (nSPS) is 21.8. The topological polar surface area (TPSA) is 38.8 Å². The van der Waals surface area contributed by atoms with Crippen molar-refractivity contribution in [3.63, 3.8) is 0 Å². The number of amides is 1. The van der Waals surface area contributed by atoms with Crippen molar-refractivity contribution in [2.45, 2.75) is 31.7 Å². The van der Waals surface area contributed by atoms with Gasteiger partial charge in [0.2, 0.25) is 5.91 Å². The van der Waals surface area contributed by atoms with E-state index in [1.807, 2.05) is 30.0 Å². The van der Waals surface area contributed by atoms with Gasteiger partial charge in [-0.1, -0.05) is 25.1 Å². The molecule has 138 valence electrons. The number of piperazine rings is 1. The molecule has 2 saturated heterocycles. The van der Waals surface area contributed by atoms with Crippen LogP contribution in [0.1, 0.15) is 26.2 Å². The molecule has 1 N–H and O–H groups in total. The van der Waals surface area contributed by atoms with E-state index in [0.717, 1.165) is 64.3 Å². The van der Waals surface area contributed by atoms with E-state index in [-0.39, 0.29) is 11.4 Å². The summed E-state index contributed by atoms with van der Waals surface area (Å²) in [5, 5.41) is 3.47. The first-order chi connectivity index (χ1) is 12.1. The predicted octanol–water partition coefficient (Wildman–Crippen LogP) is 1.80. The van der Waals surface area contributed by atoms with Crippen LogP contribution >= 0.6 is 0 Å². The van der Waals surface area contributed by atoms with Crippen LogP contribution in [-0.4, -0.2) is 74.1 Å². The van der Waals surface area contributed by atoms with Gasteiger partial charge in [-0.25, -0.2) is 0 Å². The number of para-hydroxylation sites is 1. The van der Waals surface area contributed by atoms with Gasteiger partial charge in [-0.2, -0.15) is 0 Å². The largest absolute Gasteiger partial charge is 0.314 e. The van der Waals surface area contributed by atoms with E-state index in [1.54, 1.807) is 0 Å². The summed E-state index contributed by atoms with van der Waals surface area (Å²) in [6.07, 6.45) is 2.81. The number of hydrogen-bond acceptors (Lipinski definition) is 4. The van der Waals surface area contributed by atoms with Crippen molar-refractivity contribution in [2.24, 2.45) is 0 Å². The van der Waals surface area contributed by atoms with Crippen LogP contribution in [-0.2, 0) is 4.79 Å². The molecule has 1 aromatic rings. The second-order valence-corrected chi connectivity index (χ2v) is 7.43. The van der Waals surface area contributed by atoms with Crippen LogP contribution in [0.15, 0.2) is 30.3 Å². The van der Waals surface area contributed by atoms with Gasteiger partial charge in [-0.15, -0.1) is 0 Å². The second kappa shape index (κ2) is 8.30. The predicted molar refractivity (Wildman–Crippen MR) is 103 cm³/mol. The Balaban J connectivity index is 1.87. The third kappa shape index (κ3) is 4.22. The average Bonchev–Trinajstić information content (AvgIpc) is 2.68. The summed E-state index contributed by atoms with van der Waals surface area (Å²) in [6.45, 7) is 9.22. The quantitative estimate of drug-likeness (QED) is 0.884. The molecule has 0 saturated carbocycles. The fourth-order valence-corrected chi connectivity index (χ4v) is 4.16. The maximum atomic E-state index is 12.8. The molecule has 0 aromatic heterocycles. The number of carbonyl (C=O) groups excluding carboxylic acids is 1. The minimum atomic E-state index is 0.0925. The van der Waals surface area contributed by atoms with Crippen molar-refractivity contribution in [3.8, 4) is 0 Å². The molecular formula is C20H32N4O. The van der Waals surface area contributed by atoms with Gasteiger partial charge in [0, 0.05) is 50.4 Å².